The van der Waals surface area contributed by atoms with Crippen LogP contribution in [0.4, 0.5) is 0 Å². The number of hydrogen-bond donors (Lipinski definition) is 1. The Balaban J connectivity index is 2.07. The zero-order chi connectivity index (χ0) is 11.0. The molecule has 1 amide bonds. The third kappa shape index (κ3) is 1.59. The molecular weight excluding hydrogens is 222 g/mol. The summed E-state index contributed by atoms with van der Waals surface area (Å²) >= 11 is 0. The second kappa shape index (κ2) is 3.68. The van der Waals surface area contributed by atoms with Crippen LogP contribution in [0.2, 0.25) is 0 Å². The summed E-state index contributed by atoms with van der Waals surface area (Å²) in [4.78, 5) is 22.1. The summed E-state index contributed by atoms with van der Waals surface area (Å²) < 4.78 is 0. The normalized spacial score (nSPS) is 20.0. The highest BCUT2D eigenvalue weighted by Gasteiger charge is 2.09. The molecule has 1 N–H and O–H groups in total. The molecule has 0 bridgehead atoms. The molecule has 5 heteroatoms. The Morgan fingerprint density at radius 2 is 2.44 bits per heavy atom. The SMILES string of the molecule is O=C1C/S(=C/c2c[nH]c3ncccc23)C=N1. The summed E-state index contributed by atoms with van der Waals surface area (Å²) in [5.41, 5.74) is 3.70. The molecule has 1 aliphatic rings. The van der Waals surface area contributed by atoms with Gasteiger partial charge in [-0.05, 0) is 17.5 Å². The Labute approximate surface area is 94.3 Å². The number of rotatable bonds is 1. The Kier molecular flexibility index (Phi) is 2.18. The second-order valence-corrected chi connectivity index (χ2v) is 5.18. The predicted molar refractivity (Wildman–Crippen MR) is 67.2 cm³/mol. The van der Waals surface area contributed by atoms with E-state index in [9.17, 15) is 4.79 Å². The van der Waals surface area contributed by atoms with Gasteiger partial charge in [-0.15, -0.1) is 10.5 Å². The van der Waals surface area contributed by atoms with E-state index < -0.39 is 0 Å². The van der Waals surface area contributed by atoms with Crippen molar-refractivity contribution in [2.24, 2.45) is 4.99 Å². The van der Waals surface area contributed by atoms with Crippen LogP contribution in [0.3, 0.4) is 0 Å². The van der Waals surface area contributed by atoms with Crippen LogP contribution in [0, 0.1) is 0 Å². The lowest BCUT2D eigenvalue weighted by atomic mass is 10.2. The number of fused-ring (bicyclic) bond motifs is 1. The van der Waals surface area contributed by atoms with E-state index in [0.29, 0.717) is 5.75 Å². The predicted octanol–water partition coefficient (Wildman–Crippen LogP) is 1.55. The molecule has 1 aliphatic heterocycles. The van der Waals surface area contributed by atoms with E-state index in [1.54, 1.807) is 11.7 Å². The molecule has 3 heterocycles. The van der Waals surface area contributed by atoms with Crippen LogP contribution in [-0.4, -0.2) is 32.5 Å². The van der Waals surface area contributed by atoms with E-state index in [4.69, 9.17) is 0 Å². The van der Waals surface area contributed by atoms with Gasteiger partial charge in [-0.25, -0.2) is 9.98 Å². The minimum Gasteiger partial charge on any atom is -0.346 e. The van der Waals surface area contributed by atoms with Crippen LogP contribution in [0.1, 0.15) is 5.56 Å². The Morgan fingerprint density at radius 3 is 3.25 bits per heavy atom. The number of aromatic amines is 1. The molecule has 0 radical (unpaired) electrons. The lowest BCUT2D eigenvalue weighted by Gasteiger charge is -1.93. The van der Waals surface area contributed by atoms with Gasteiger partial charge in [0.05, 0.1) is 11.3 Å². The van der Waals surface area contributed by atoms with E-state index in [1.165, 1.54) is 0 Å². The maximum Gasteiger partial charge on any atom is 0.256 e. The second-order valence-electron chi connectivity index (χ2n) is 3.50. The maximum absolute atomic E-state index is 11.0. The molecule has 0 saturated heterocycles. The maximum atomic E-state index is 11.0. The van der Waals surface area contributed by atoms with Crippen LogP contribution in [0.25, 0.3) is 11.0 Å². The van der Waals surface area contributed by atoms with Gasteiger partial charge >= 0.3 is 0 Å². The molecule has 4 nitrogen and oxygen atoms in total. The fourth-order valence-electron chi connectivity index (χ4n) is 1.65. The topological polar surface area (TPSA) is 58.1 Å². The van der Waals surface area contributed by atoms with E-state index >= 15 is 0 Å². The number of pyridine rings is 1. The van der Waals surface area contributed by atoms with E-state index in [1.807, 2.05) is 18.3 Å². The summed E-state index contributed by atoms with van der Waals surface area (Å²) in [7, 11) is -0.157. The molecule has 1 unspecified atom stereocenters. The van der Waals surface area contributed by atoms with Crippen molar-refractivity contribution < 1.29 is 4.79 Å². The molecule has 16 heavy (non-hydrogen) atoms. The highest BCUT2D eigenvalue weighted by atomic mass is 32.2. The molecule has 2 aromatic heterocycles. The first kappa shape index (κ1) is 9.47. The molecule has 3 rings (SSSR count). The van der Waals surface area contributed by atoms with Gasteiger partial charge in [-0.3, -0.25) is 4.79 Å². The van der Waals surface area contributed by atoms with Gasteiger partial charge in [-0.1, -0.05) is 0 Å². The molecule has 2 aromatic rings. The lowest BCUT2D eigenvalue weighted by molar-refractivity contribution is -0.115. The third-order valence-corrected chi connectivity index (χ3v) is 3.90. The Hall–Kier alpha value is -1.75. The molecular formula is C11H9N3OS. The smallest absolute Gasteiger partial charge is 0.256 e. The van der Waals surface area contributed by atoms with Crippen molar-refractivity contribution in [3.05, 3.63) is 30.1 Å². The fourth-order valence-corrected chi connectivity index (χ4v) is 3.01. The number of carbonyl (C=O) groups excluding carboxylic acids is 1. The summed E-state index contributed by atoms with van der Waals surface area (Å²) in [6.45, 7) is 0. The quantitative estimate of drug-likeness (QED) is 0.757. The Bertz CT molecular complexity index is 627. The first-order valence-corrected chi connectivity index (χ1v) is 6.37. The fraction of sp³-hybridized carbons (Fsp3) is 0.0909. The van der Waals surface area contributed by atoms with Crippen LogP contribution in [-0.2, 0) is 4.79 Å². The van der Waals surface area contributed by atoms with Gasteiger partial charge < -0.3 is 4.98 Å². The molecule has 0 fully saturated rings. The van der Waals surface area contributed by atoms with Crippen molar-refractivity contribution in [1.82, 2.24) is 9.97 Å². The number of carbonyl (C=O) groups is 1. The van der Waals surface area contributed by atoms with Crippen LogP contribution < -0.4 is 0 Å². The van der Waals surface area contributed by atoms with Gasteiger partial charge in [0.15, 0.2) is 0 Å². The van der Waals surface area contributed by atoms with Gasteiger partial charge in [0.2, 0.25) is 0 Å². The first-order valence-electron chi connectivity index (χ1n) is 4.85. The van der Waals surface area contributed by atoms with Gasteiger partial charge in [0, 0.05) is 23.3 Å². The summed E-state index contributed by atoms with van der Waals surface area (Å²) in [5, 5.41) is 3.16. The number of H-pyrrole nitrogens is 1. The highest BCUT2D eigenvalue weighted by Crippen LogP contribution is 2.20. The monoisotopic (exact) mass is 231 g/mol. The lowest BCUT2D eigenvalue weighted by Crippen LogP contribution is -1.90. The number of aliphatic imine (C=N–C) groups is 1. The van der Waals surface area contributed by atoms with Crippen molar-refractivity contribution in [3.63, 3.8) is 0 Å². The summed E-state index contributed by atoms with van der Waals surface area (Å²) in [5.74, 6) is 0.477. The van der Waals surface area contributed by atoms with Gasteiger partial charge in [-0.2, -0.15) is 0 Å². The summed E-state index contributed by atoms with van der Waals surface area (Å²) in [6.07, 6.45) is 3.67. The average Bonchev–Trinajstić information content (AvgIpc) is 2.87. The first-order chi connectivity index (χ1) is 7.83. The van der Waals surface area contributed by atoms with Crippen molar-refractivity contribution in [3.8, 4) is 0 Å². The average molecular weight is 231 g/mol. The molecule has 80 valence electrons. The third-order valence-electron chi connectivity index (χ3n) is 2.38. The van der Waals surface area contributed by atoms with Crippen molar-refractivity contribution in [2.45, 2.75) is 0 Å². The van der Waals surface area contributed by atoms with Gasteiger partial charge in [0.25, 0.3) is 5.91 Å². The number of nitrogens with one attached hydrogen (secondary N) is 1. The molecule has 1 atom stereocenters. The van der Waals surface area contributed by atoms with Crippen molar-refractivity contribution in [1.29, 1.82) is 0 Å². The minimum atomic E-state index is -0.157. The molecule has 0 aromatic carbocycles. The molecule has 0 aliphatic carbocycles. The van der Waals surface area contributed by atoms with E-state index in [-0.39, 0.29) is 16.4 Å². The van der Waals surface area contributed by atoms with Crippen molar-refractivity contribution >= 4 is 38.3 Å². The number of nitrogens with zero attached hydrogens (tertiary/aromatic N) is 2. The largest absolute Gasteiger partial charge is 0.346 e. The molecule has 0 saturated carbocycles. The van der Waals surface area contributed by atoms with Crippen LogP contribution in [0.5, 0.6) is 0 Å². The highest BCUT2D eigenvalue weighted by molar-refractivity contribution is 8.27. The Morgan fingerprint density at radius 1 is 1.50 bits per heavy atom. The minimum absolute atomic E-state index is 0.0300. The van der Waals surface area contributed by atoms with Crippen molar-refractivity contribution in [2.75, 3.05) is 5.75 Å². The zero-order valence-electron chi connectivity index (χ0n) is 8.38. The number of aromatic nitrogens is 2. The number of amides is 1. The van der Waals surface area contributed by atoms with E-state index in [2.05, 4.69) is 20.3 Å². The number of hydrogen-bond acceptors (Lipinski definition) is 2. The van der Waals surface area contributed by atoms with Crippen LogP contribution >= 0.6 is 10.5 Å². The van der Waals surface area contributed by atoms with Gasteiger partial charge in [0.1, 0.15) is 5.65 Å². The molecule has 0 spiro atoms. The standard InChI is InChI=1S/C11H9N3OS/c15-10-6-16(7-14-10)5-8-4-13-11-9(8)2-1-3-12-11/h1-5,7H,6H2,(H,12,13). The zero-order valence-corrected chi connectivity index (χ0v) is 9.20. The van der Waals surface area contributed by atoms with Crippen LogP contribution in [0.15, 0.2) is 29.5 Å². The summed E-state index contributed by atoms with van der Waals surface area (Å²) in [6, 6.07) is 3.92. The van der Waals surface area contributed by atoms with E-state index in [0.717, 1.165) is 16.6 Å².